The Hall–Kier alpha value is -2.24. The number of likely N-dealkylation sites (tertiary alicyclic amines) is 1. The quantitative estimate of drug-likeness (QED) is 0.742. The van der Waals surface area contributed by atoms with Gasteiger partial charge in [0.25, 0.3) is 5.91 Å². The molecule has 1 saturated heterocycles. The maximum absolute atomic E-state index is 12.7. The lowest BCUT2D eigenvalue weighted by Gasteiger charge is -2.26. The van der Waals surface area contributed by atoms with Crippen molar-refractivity contribution < 1.29 is 23.8 Å². The molecule has 1 aromatic rings. The summed E-state index contributed by atoms with van der Waals surface area (Å²) in [5, 5.41) is 0. The number of benzene rings is 1. The van der Waals surface area contributed by atoms with E-state index >= 15 is 0 Å². The standard InChI is InChI=1S/C21H27NO5/c23-20(14-27-21(24)12-15-4-1-2-5-15)22-9-3-6-17(22)16-7-8-18-19(13-16)26-11-10-25-18/h7-8,13,15,17H,1-6,9-12,14H2. The Labute approximate surface area is 159 Å². The van der Waals surface area contributed by atoms with E-state index in [1.807, 2.05) is 23.1 Å². The van der Waals surface area contributed by atoms with Gasteiger partial charge in [-0.3, -0.25) is 9.59 Å². The zero-order valence-corrected chi connectivity index (χ0v) is 15.7. The van der Waals surface area contributed by atoms with Crippen molar-refractivity contribution in [3.63, 3.8) is 0 Å². The molecule has 1 unspecified atom stereocenters. The van der Waals surface area contributed by atoms with Gasteiger partial charge < -0.3 is 19.1 Å². The molecule has 1 atom stereocenters. The molecule has 6 nitrogen and oxygen atoms in total. The third-order valence-corrected chi connectivity index (χ3v) is 5.81. The van der Waals surface area contributed by atoms with E-state index in [0.29, 0.717) is 32.1 Å². The van der Waals surface area contributed by atoms with Gasteiger partial charge in [0.05, 0.1) is 6.04 Å². The molecule has 3 aliphatic rings. The molecule has 0 radical (unpaired) electrons. The average Bonchev–Trinajstić information content (AvgIpc) is 3.37. The highest BCUT2D eigenvalue weighted by Gasteiger charge is 2.31. The number of rotatable bonds is 5. The monoisotopic (exact) mass is 373 g/mol. The first-order valence-corrected chi connectivity index (χ1v) is 10.1. The first-order valence-electron chi connectivity index (χ1n) is 10.1. The highest BCUT2D eigenvalue weighted by molar-refractivity contribution is 5.81. The Bertz CT molecular complexity index is 698. The van der Waals surface area contributed by atoms with Crippen molar-refractivity contribution in [3.8, 4) is 11.5 Å². The number of hydrogen-bond acceptors (Lipinski definition) is 5. The van der Waals surface area contributed by atoms with Crippen molar-refractivity contribution in [3.05, 3.63) is 23.8 Å². The largest absolute Gasteiger partial charge is 0.486 e. The van der Waals surface area contributed by atoms with Crippen molar-refractivity contribution >= 4 is 11.9 Å². The lowest BCUT2D eigenvalue weighted by molar-refractivity contribution is -0.153. The Kier molecular flexibility index (Phi) is 5.50. The van der Waals surface area contributed by atoms with Crippen LogP contribution in [0.5, 0.6) is 11.5 Å². The molecule has 2 aliphatic heterocycles. The summed E-state index contributed by atoms with van der Waals surface area (Å²) in [6.45, 7) is 1.64. The molecular formula is C21H27NO5. The number of esters is 1. The molecule has 4 rings (SSSR count). The molecule has 2 fully saturated rings. The first kappa shape index (κ1) is 18.1. The van der Waals surface area contributed by atoms with E-state index in [-0.39, 0.29) is 24.5 Å². The van der Waals surface area contributed by atoms with Gasteiger partial charge >= 0.3 is 5.97 Å². The topological polar surface area (TPSA) is 65.1 Å². The van der Waals surface area contributed by atoms with E-state index in [2.05, 4.69) is 0 Å². The molecule has 0 aromatic heterocycles. The number of hydrogen-bond donors (Lipinski definition) is 0. The summed E-state index contributed by atoms with van der Waals surface area (Å²) in [6.07, 6.45) is 6.88. The number of nitrogens with zero attached hydrogens (tertiary/aromatic N) is 1. The zero-order chi connectivity index (χ0) is 18.6. The van der Waals surface area contributed by atoms with E-state index in [4.69, 9.17) is 14.2 Å². The van der Waals surface area contributed by atoms with Gasteiger partial charge in [0.15, 0.2) is 18.1 Å². The fourth-order valence-electron chi connectivity index (χ4n) is 4.41. The molecule has 0 N–H and O–H groups in total. The second-order valence-electron chi connectivity index (χ2n) is 7.66. The Morgan fingerprint density at radius 1 is 1.04 bits per heavy atom. The highest BCUT2D eigenvalue weighted by atomic mass is 16.6. The third kappa shape index (κ3) is 4.20. The number of amides is 1. The summed E-state index contributed by atoms with van der Waals surface area (Å²) >= 11 is 0. The fraction of sp³-hybridized carbons (Fsp3) is 0.619. The normalized spacial score (nSPS) is 22.1. The zero-order valence-electron chi connectivity index (χ0n) is 15.7. The van der Waals surface area contributed by atoms with Crippen molar-refractivity contribution in [2.75, 3.05) is 26.4 Å². The lowest BCUT2D eigenvalue weighted by Crippen LogP contribution is -2.34. The molecule has 2 heterocycles. The van der Waals surface area contributed by atoms with Crippen LogP contribution in [-0.2, 0) is 14.3 Å². The first-order chi connectivity index (χ1) is 13.2. The maximum Gasteiger partial charge on any atom is 0.306 e. The van der Waals surface area contributed by atoms with Crippen molar-refractivity contribution in [2.45, 2.75) is 51.0 Å². The van der Waals surface area contributed by atoms with Crippen molar-refractivity contribution in [2.24, 2.45) is 5.92 Å². The van der Waals surface area contributed by atoms with Crippen LogP contribution in [0.1, 0.15) is 56.6 Å². The number of carbonyl (C=O) groups excluding carboxylic acids is 2. The minimum absolute atomic E-state index is 0.00172. The molecule has 0 spiro atoms. The summed E-state index contributed by atoms with van der Waals surface area (Å²) in [5.74, 6) is 1.56. The van der Waals surface area contributed by atoms with Gasteiger partial charge in [-0.15, -0.1) is 0 Å². The van der Waals surface area contributed by atoms with Gasteiger partial charge in [-0.2, -0.15) is 0 Å². The van der Waals surface area contributed by atoms with Crippen LogP contribution in [0.2, 0.25) is 0 Å². The highest BCUT2D eigenvalue weighted by Crippen LogP contribution is 2.38. The van der Waals surface area contributed by atoms with Crippen LogP contribution in [0.3, 0.4) is 0 Å². The molecule has 27 heavy (non-hydrogen) atoms. The van der Waals surface area contributed by atoms with Gasteiger partial charge in [0.1, 0.15) is 13.2 Å². The number of ether oxygens (including phenoxy) is 3. The Morgan fingerprint density at radius 2 is 1.81 bits per heavy atom. The Morgan fingerprint density at radius 3 is 2.63 bits per heavy atom. The maximum atomic E-state index is 12.7. The molecule has 146 valence electrons. The number of carbonyl (C=O) groups is 2. The van der Waals surface area contributed by atoms with Gasteiger partial charge in [-0.25, -0.2) is 0 Å². The van der Waals surface area contributed by atoms with Gasteiger partial charge in [-0.1, -0.05) is 18.9 Å². The fourth-order valence-corrected chi connectivity index (χ4v) is 4.41. The van der Waals surface area contributed by atoms with Crippen LogP contribution in [-0.4, -0.2) is 43.1 Å². The van der Waals surface area contributed by atoms with Crippen LogP contribution in [0.25, 0.3) is 0 Å². The average molecular weight is 373 g/mol. The van der Waals surface area contributed by atoms with E-state index in [1.54, 1.807) is 0 Å². The molecular weight excluding hydrogens is 346 g/mol. The molecule has 1 amide bonds. The minimum Gasteiger partial charge on any atom is -0.486 e. The summed E-state index contributed by atoms with van der Waals surface area (Å²) in [7, 11) is 0. The summed E-state index contributed by atoms with van der Waals surface area (Å²) in [4.78, 5) is 26.5. The molecule has 1 aromatic carbocycles. The van der Waals surface area contributed by atoms with Crippen molar-refractivity contribution in [1.29, 1.82) is 0 Å². The summed E-state index contributed by atoms with van der Waals surface area (Å²) in [5.41, 5.74) is 1.04. The molecule has 1 saturated carbocycles. The smallest absolute Gasteiger partial charge is 0.306 e. The predicted molar refractivity (Wildman–Crippen MR) is 98.7 cm³/mol. The second kappa shape index (κ2) is 8.19. The van der Waals surface area contributed by atoms with E-state index in [1.165, 1.54) is 12.8 Å². The SMILES string of the molecule is O=C(CC1CCCC1)OCC(=O)N1CCCC1c1ccc2c(c1)OCCO2. The van der Waals surface area contributed by atoms with E-state index in [0.717, 1.165) is 42.7 Å². The second-order valence-corrected chi connectivity index (χ2v) is 7.66. The van der Waals surface area contributed by atoms with Crippen LogP contribution in [0.15, 0.2) is 18.2 Å². The minimum atomic E-state index is -0.245. The van der Waals surface area contributed by atoms with Crippen LogP contribution >= 0.6 is 0 Å². The lowest BCUT2D eigenvalue weighted by atomic mass is 10.0. The van der Waals surface area contributed by atoms with Gasteiger partial charge in [0.2, 0.25) is 0 Å². The predicted octanol–water partition coefficient (Wildman–Crippen LogP) is 3.24. The Balaban J connectivity index is 1.34. The van der Waals surface area contributed by atoms with Gasteiger partial charge in [-0.05, 0) is 49.3 Å². The van der Waals surface area contributed by atoms with E-state index in [9.17, 15) is 9.59 Å². The van der Waals surface area contributed by atoms with E-state index < -0.39 is 0 Å². The molecule has 1 aliphatic carbocycles. The summed E-state index contributed by atoms with van der Waals surface area (Å²) in [6, 6.07) is 5.88. The third-order valence-electron chi connectivity index (χ3n) is 5.81. The number of fused-ring (bicyclic) bond motifs is 1. The summed E-state index contributed by atoms with van der Waals surface area (Å²) < 4.78 is 16.5. The van der Waals surface area contributed by atoms with Crippen LogP contribution in [0.4, 0.5) is 0 Å². The molecule has 0 bridgehead atoms. The van der Waals surface area contributed by atoms with Crippen LogP contribution < -0.4 is 9.47 Å². The van der Waals surface area contributed by atoms with Gasteiger partial charge in [0, 0.05) is 13.0 Å². The van der Waals surface area contributed by atoms with Crippen molar-refractivity contribution in [1.82, 2.24) is 4.90 Å². The molecule has 6 heteroatoms. The van der Waals surface area contributed by atoms with Crippen LogP contribution in [0, 0.1) is 5.92 Å².